The van der Waals surface area contributed by atoms with Gasteiger partial charge in [-0.3, -0.25) is 19.6 Å². The molecule has 1 aliphatic rings. The van der Waals surface area contributed by atoms with Gasteiger partial charge >= 0.3 is 0 Å². The molecule has 0 radical (unpaired) electrons. The number of benzene rings is 2. The van der Waals surface area contributed by atoms with Crippen LogP contribution in [0.3, 0.4) is 0 Å². The van der Waals surface area contributed by atoms with Crippen molar-refractivity contribution in [2.45, 2.75) is 26.3 Å². The molecule has 164 valence electrons. The van der Waals surface area contributed by atoms with Crippen molar-refractivity contribution in [3.8, 4) is 0 Å². The van der Waals surface area contributed by atoms with E-state index in [9.17, 15) is 9.59 Å². The number of hydrogen-bond donors (Lipinski definition) is 2. The first-order valence-corrected chi connectivity index (χ1v) is 10.9. The molecule has 0 unspecified atom stereocenters. The van der Waals surface area contributed by atoms with Crippen molar-refractivity contribution in [1.82, 2.24) is 25.1 Å². The summed E-state index contributed by atoms with van der Waals surface area (Å²) in [7, 11) is 1.97. The summed E-state index contributed by atoms with van der Waals surface area (Å²) in [6.07, 6.45) is 0.167. The lowest BCUT2D eigenvalue weighted by Gasteiger charge is -2.24. The number of anilines is 1. The Kier molecular flexibility index (Phi) is 4.92. The minimum Gasteiger partial charge on any atom is -0.346 e. The second-order valence-electron chi connectivity index (χ2n) is 8.75. The zero-order valence-electron chi connectivity index (χ0n) is 18.4. The van der Waals surface area contributed by atoms with Gasteiger partial charge in [-0.15, -0.1) is 0 Å². The van der Waals surface area contributed by atoms with E-state index >= 15 is 0 Å². The number of nitrogens with zero attached hydrogens (tertiary/aromatic N) is 4. The van der Waals surface area contributed by atoms with Crippen molar-refractivity contribution in [2.75, 3.05) is 11.4 Å². The van der Waals surface area contributed by atoms with Gasteiger partial charge in [-0.1, -0.05) is 38.1 Å². The second kappa shape index (κ2) is 7.78. The molecule has 0 saturated carbocycles. The third-order valence-electron chi connectivity index (χ3n) is 6.27. The molecule has 0 aliphatic carbocycles. The summed E-state index contributed by atoms with van der Waals surface area (Å²) in [5, 5.41) is 11.3. The first-order valence-electron chi connectivity index (χ1n) is 10.9. The SMILES string of the molecule is CC(C)[C@H](NC(=O)[C@@H]1CC(=O)N(c2n[nH]c3ccccc23)C1)c1nc2ccccc2n1C. The highest BCUT2D eigenvalue weighted by Crippen LogP contribution is 2.31. The van der Waals surface area contributed by atoms with E-state index in [4.69, 9.17) is 4.98 Å². The normalized spacial score (nSPS) is 17.6. The predicted molar refractivity (Wildman–Crippen MR) is 123 cm³/mol. The van der Waals surface area contributed by atoms with Crippen molar-refractivity contribution in [3.63, 3.8) is 0 Å². The van der Waals surface area contributed by atoms with Gasteiger partial charge in [0.1, 0.15) is 5.82 Å². The van der Waals surface area contributed by atoms with Gasteiger partial charge in [-0.2, -0.15) is 5.10 Å². The number of fused-ring (bicyclic) bond motifs is 2. The maximum Gasteiger partial charge on any atom is 0.229 e. The number of H-pyrrole nitrogens is 1. The molecule has 32 heavy (non-hydrogen) atoms. The summed E-state index contributed by atoms with van der Waals surface area (Å²) < 4.78 is 2.03. The number of aryl methyl sites for hydroxylation is 1. The van der Waals surface area contributed by atoms with E-state index in [1.807, 2.05) is 60.1 Å². The number of rotatable bonds is 5. The smallest absolute Gasteiger partial charge is 0.229 e. The minimum atomic E-state index is -0.436. The van der Waals surface area contributed by atoms with Gasteiger partial charge in [0.05, 0.1) is 28.5 Å². The Bertz CT molecular complexity index is 1320. The van der Waals surface area contributed by atoms with Crippen LogP contribution < -0.4 is 10.2 Å². The fraction of sp³-hybridized carbons (Fsp3) is 0.333. The third kappa shape index (κ3) is 3.32. The van der Waals surface area contributed by atoms with E-state index in [1.165, 1.54) is 0 Å². The summed E-state index contributed by atoms with van der Waals surface area (Å²) in [5.74, 6) is 0.871. The monoisotopic (exact) mass is 430 g/mol. The lowest BCUT2D eigenvalue weighted by Crippen LogP contribution is -2.38. The Morgan fingerprint density at radius 2 is 1.91 bits per heavy atom. The van der Waals surface area contributed by atoms with Gasteiger partial charge in [-0.25, -0.2) is 4.98 Å². The van der Waals surface area contributed by atoms with Crippen LogP contribution in [0.15, 0.2) is 48.5 Å². The molecule has 0 spiro atoms. The molecule has 1 saturated heterocycles. The van der Waals surface area contributed by atoms with Gasteiger partial charge < -0.3 is 9.88 Å². The molecule has 2 aromatic carbocycles. The number of imidazole rings is 1. The highest BCUT2D eigenvalue weighted by molar-refractivity contribution is 6.05. The molecule has 5 rings (SSSR count). The Balaban J connectivity index is 1.37. The van der Waals surface area contributed by atoms with Crippen LogP contribution in [-0.4, -0.2) is 38.1 Å². The zero-order valence-corrected chi connectivity index (χ0v) is 18.4. The number of hydrogen-bond acceptors (Lipinski definition) is 4. The largest absolute Gasteiger partial charge is 0.346 e. The summed E-state index contributed by atoms with van der Waals surface area (Å²) in [4.78, 5) is 32.4. The number of amides is 2. The quantitative estimate of drug-likeness (QED) is 0.508. The number of carbonyl (C=O) groups excluding carboxylic acids is 2. The van der Waals surface area contributed by atoms with Crippen LogP contribution in [0.2, 0.25) is 0 Å². The summed E-state index contributed by atoms with van der Waals surface area (Å²) in [6.45, 7) is 4.44. The molecular weight excluding hydrogens is 404 g/mol. The summed E-state index contributed by atoms with van der Waals surface area (Å²) >= 11 is 0. The highest BCUT2D eigenvalue weighted by Gasteiger charge is 2.38. The number of para-hydroxylation sites is 3. The summed E-state index contributed by atoms with van der Waals surface area (Å²) in [6, 6.07) is 15.3. The molecule has 2 N–H and O–H groups in total. The van der Waals surface area contributed by atoms with Crippen LogP contribution in [0, 0.1) is 11.8 Å². The molecule has 0 bridgehead atoms. The van der Waals surface area contributed by atoms with E-state index < -0.39 is 5.92 Å². The first kappa shape index (κ1) is 20.2. The molecule has 2 amide bonds. The van der Waals surface area contributed by atoms with E-state index in [1.54, 1.807) is 4.90 Å². The zero-order chi connectivity index (χ0) is 22.4. The minimum absolute atomic E-state index is 0.0915. The number of aromatic nitrogens is 4. The van der Waals surface area contributed by atoms with Crippen molar-refractivity contribution in [2.24, 2.45) is 18.9 Å². The van der Waals surface area contributed by atoms with E-state index in [2.05, 4.69) is 29.4 Å². The van der Waals surface area contributed by atoms with Crippen molar-refractivity contribution < 1.29 is 9.59 Å². The van der Waals surface area contributed by atoms with Gasteiger partial charge in [0.15, 0.2) is 5.82 Å². The first-order chi connectivity index (χ1) is 15.4. The molecule has 1 aliphatic heterocycles. The Morgan fingerprint density at radius 1 is 1.16 bits per heavy atom. The molecule has 4 aromatic rings. The van der Waals surface area contributed by atoms with Crippen LogP contribution in [0.4, 0.5) is 5.82 Å². The number of aromatic amines is 1. The van der Waals surface area contributed by atoms with Crippen LogP contribution >= 0.6 is 0 Å². The fourth-order valence-electron chi connectivity index (χ4n) is 4.49. The Hall–Kier alpha value is -3.68. The maximum atomic E-state index is 13.2. The van der Waals surface area contributed by atoms with Gasteiger partial charge in [0.2, 0.25) is 11.8 Å². The van der Waals surface area contributed by atoms with Crippen molar-refractivity contribution >= 4 is 39.6 Å². The molecular formula is C24H26N6O2. The lowest BCUT2D eigenvalue weighted by atomic mass is 10.0. The summed E-state index contributed by atoms with van der Waals surface area (Å²) in [5.41, 5.74) is 2.79. The van der Waals surface area contributed by atoms with Crippen molar-refractivity contribution in [3.05, 3.63) is 54.4 Å². The van der Waals surface area contributed by atoms with E-state index in [-0.39, 0.29) is 30.2 Å². The van der Waals surface area contributed by atoms with Gasteiger partial charge in [0.25, 0.3) is 0 Å². The third-order valence-corrected chi connectivity index (χ3v) is 6.27. The standard InChI is InChI=1S/C24H26N6O2/c1-14(2)21(23-25-18-10-6-7-11-19(18)29(23)3)26-24(32)15-12-20(31)30(13-15)22-16-8-4-5-9-17(16)27-28-22/h4-11,14-15,21H,12-13H2,1-3H3,(H,26,32)(H,27,28)/t15-,21+/m1/s1. The predicted octanol–water partition coefficient (Wildman–Crippen LogP) is 3.32. The molecule has 3 heterocycles. The average molecular weight is 431 g/mol. The van der Waals surface area contributed by atoms with Gasteiger partial charge in [0, 0.05) is 25.4 Å². The van der Waals surface area contributed by atoms with Gasteiger partial charge in [-0.05, 0) is 30.2 Å². The number of nitrogens with one attached hydrogen (secondary N) is 2. The molecule has 8 heteroatoms. The Labute approximate surface area is 185 Å². The van der Waals surface area contributed by atoms with Crippen LogP contribution in [0.1, 0.15) is 32.1 Å². The Morgan fingerprint density at radius 3 is 2.69 bits per heavy atom. The van der Waals surface area contributed by atoms with Crippen molar-refractivity contribution in [1.29, 1.82) is 0 Å². The fourth-order valence-corrected chi connectivity index (χ4v) is 4.49. The molecule has 8 nitrogen and oxygen atoms in total. The number of carbonyl (C=O) groups is 2. The highest BCUT2D eigenvalue weighted by atomic mass is 16.2. The molecule has 1 fully saturated rings. The van der Waals surface area contributed by atoms with Crippen LogP contribution in [-0.2, 0) is 16.6 Å². The van der Waals surface area contributed by atoms with Crippen LogP contribution in [0.25, 0.3) is 21.9 Å². The molecule has 2 aromatic heterocycles. The van der Waals surface area contributed by atoms with Crippen LogP contribution in [0.5, 0.6) is 0 Å². The maximum absolute atomic E-state index is 13.2. The van der Waals surface area contributed by atoms with E-state index in [0.717, 1.165) is 27.8 Å². The topological polar surface area (TPSA) is 95.9 Å². The second-order valence-corrected chi connectivity index (χ2v) is 8.75. The lowest BCUT2D eigenvalue weighted by molar-refractivity contribution is -0.127. The molecule has 2 atom stereocenters. The average Bonchev–Trinajstić information content (AvgIpc) is 3.47. The van der Waals surface area contributed by atoms with E-state index in [0.29, 0.717) is 12.4 Å².